The SMILES string of the molecule is C=CC(=O)N1CCC[C@H](Nc2nc(NC3=CC4OCCOCCOCCOC4C=C3)ncc2F)C1. The first-order chi connectivity index (χ1) is 17.1. The maximum absolute atomic E-state index is 14.5. The Labute approximate surface area is 204 Å². The molecule has 3 aliphatic rings. The average Bonchev–Trinajstić information content (AvgIpc) is 2.86. The molecule has 2 aliphatic heterocycles. The number of rotatable bonds is 5. The number of halogens is 1. The Balaban J connectivity index is 1.40. The number of likely N-dealkylation sites (tertiary alicyclic amines) is 1. The van der Waals surface area contributed by atoms with Gasteiger partial charge >= 0.3 is 0 Å². The third-order valence-electron chi connectivity index (χ3n) is 5.83. The van der Waals surface area contributed by atoms with Crippen LogP contribution in [-0.2, 0) is 23.7 Å². The van der Waals surface area contributed by atoms with Gasteiger partial charge in [-0.15, -0.1) is 0 Å². The molecule has 4 rings (SSSR count). The van der Waals surface area contributed by atoms with Crippen molar-refractivity contribution in [2.24, 2.45) is 0 Å². The molecule has 0 radical (unpaired) electrons. The Bertz CT molecular complexity index is 943. The number of amides is 1. The molecular formula is C24H32FN5O5. The lowest BCUT2D eigenvalue weighted by Gasteiger charge is -2.32. The van der Waals surface area contributed by atoms with Gasteiger partial charge in [-0.3, -0.25) is 4.79 Å². The Kier molecular flexibility index (Phi) is 9.18. The van der Waals surface area contributed by atoms with E-state index in [2.05, 4.69) is 27.2 Å². The average molecular weight is 490 g/mol. The minimum absolute atomic E-state index is 0.0846. The van der Waals surface area contributed by atoms with E-state index in [-0.39, 0.29) is 35.9 Å². The van der Waals surface area contributed by atoms with Crippen LogP contribution in [0.3, 0.4) is 0 Å². The second kappa shape index (κ2) is 12.7. The first-order valence-corrected chi connectivity index (χ1v) is 11.9. The molecule has 3 heterocycles. The van der Waals surface area contributed by atoms with Crippen LogP contribution in [0.2, 0.25) is 0 Å². The molecule has 2 N–H and O–H groups in total. The highest BCUT2D eigenvalue weighted by atomic mass is 19.1. The fourth-order valence-corrected chi connectivity index (χ4v) is 4.10. The summed E-state index contributed by atoms with van der Waals surface area (Å²) >= 11 is 0. The highest BCUT2D eigenvalue weighted by molar-refractivity contribution is 5.87. The number of nitrogens with one attached hydrogen (secondary N) is 2. The van der Waals surface area contributed by atoms with Gasteiger partial charge in [0.05, 0.1) is 45.8 Å². The summed E-state index contributed by atoms with van der Waals surface area (Å²) in [5, 5.41) is 6.24. The number of carbonyl (C=O) groups excluding carboxylic acids is 1. The standard InChI is InChI=1S/C24H32FN5O5/c1-2-22(31)30-7-3-4-18(16-30)27-23-19(25)15-26-24(29-23)28-17-5-6-20-21(14-17)35-13-11-33-9-8-32-10-12-34-20/h2,5-6,14-15,18,20-21H,1,3-4,7-13,16H2,(H2,26,27,28,29)/t18-,20?,21?/m0/s1. The minimum atomic E-state index is -0.561. The molecule has 3 atom stereocenters. The molecule has 1 aromatic rings. The van der Waals surface area contributed by atoms with Gasteiger partial charge in [-0.05, 0) is 31.1 Å². The van der Waals surface area contributed by atoms with Crippen molar-refractivity contribution >= 4 is 17.7 Å². The highest BCUT2D eigenvalue weighted by Crippen LogP contribution is 2.21. The molecule has 190 valence electrons. The molecule has 0 saturated carbocycles. The molecule has 0 spiro atoms. The Morgan fingerprint density at radius 3 is 2.66 bits per heavy atom. The Hall–Kier alpha value is -2.86. The summed E-state index contributed by atoms with van der Waals surface area (Å²) < 4.78 is 37.3. The van der Waals surface area contributed by atoms with E-state index in [4.69, 9.17) is 18.9 Å². The van der Waals surface area contributed by atoms with Gasteiger partial charge in [0, 0.05) is 24.8 Å². The van der Waals surface area contributed by atoms with Crippen LogP contribution in [0, 0.1) is 5.82 Å². The minimum Gasteiger partial charge on any atom is -0.377 e. The van der Waals surface area contributed by atoms with Gasteiger partial charge in [-0.1, -0.05) is 12.7 Å². The van der Waals surface area contributed by atoms with Crippen LogP contribution < -0.4 is 10.6 Å². The summed E-state index contributed by atoms with van der Waals surface area (Å²) in [6, 6.07) is -0.118. The normalized spacial score (nSPS) is 25.9. The van der Waals surface area contributed by atoms with Crippen molar-refractivity contribution in [2.75, 3.05) is 63.4 Å². The van der Waals surface area contributed by atoms with Gasteiger partial charge in [-0.2, -0.15) is 4.98 Å². The number of anilines is 2. The maximum Gasteiger partial charge on any atom is 0.246 e. The quantitative estimate of drug-likeness (QED) is 0.600. The van der Waals surface area contributed by atoms with E-state index >= 15 is 0 Å². The van der Waals surface area contributed by atoms with Crippen LogP contribution >= 0.6 is 0 Å². The lowest BCUT2D eigenvalue weighted by atomic mass is 10.1. The van der Waals surface area contributed by atoms with Crippen LogP contribution in [0.15, 0.2) is 42.8 Å². The van der Waals surface area contributed by atoms with Crippen molar-refractivity contribution in [1.29, 1.82) is 0 Å². The van der Waals surface area contributed by atoms with E-state index in [1.165, 1.54) is 6.08 Å². The number of hydrogen-bond acceptors (Lipinski definition) is 9. The summed E-state index contributed by atoms with van der Waals surface area (Å²) in [6.45, 7) is 7.50. The molecular weight excluding hydrogens is 457 g/mol. The van der Waals surface area contributed by atoms with Crippen molar-refractivity contribution in [2.45, 2.75) is 31.1 Å². The van der Waals surface area contributed by atoms with Crippen molar-refractivity contribution in [1.82, 2.24) is 14.9 Å². The molecule has 1 amide bonds. The van der Waals surface area contributed by atoms with Gasteiger partial charge in [0.2, 0.25) is 11.9 Å². The van der Waals surface area contributed by atoms with Crippen molar-refractivity contribution in [3.05, 3.63) is 48.6 Å². The van der Waals surface area contributed by atoms with Crippen molar-refractivity contribution in [3.63, 3.8) is 0 Å². The molecule has 0 aromatic carbocycles. The van der Waals surface area contributed by atoms with Gasteiger partial charge in [0.25, 0.3) is 0 Å². The third-order valence-corrected chi connectivity index (χ3v) is 5.83. The smallest absolute Gasteiger partial charge is 0.246 e. The predicted octanol–water partition coefficient (Wildman–Crippen LogP) is 1.89. The van der Waals surface area contributed by atoms with Crippen molar-refractivity contribution < 1.29 is 28.1 Å². The fraction of sp³-hybridized carbons (Fsp3) is 0.542. The van der Waals surface area contributed by atoms with Gasteiger partial charge in [0.1, 0.15) is 12.2 Å². The van der Waals surface area contributed by atoms with Gasteiger partial charge < -0.3 is 34.5 Å². The molecule has 0 bridgehead atoms. The van der Waals surface area contributed by atoms with E-state index in [1.54, 1.807) is 4.90 Å². The summed E-state index contributed by atoms with van der Waals surface area (Å²) in [6.07, 6.45) is 9.08. The summed E-state index contributed by atoms with van der Waals surface area (Å²) in [5.74, 6) is -0.368. The third kappa shape index (κ3) is 7.31. The molecule has 1 aliphatic carbocycles. The molecule has 1 aromatic heterocycles. The fourth-order valence-electron chi connectivity index (χ4n) is 4.10. The van der Waals surface area contributed by atoms with E-state index < -0.39 is 5.82 Å². The molecule has 11 heteroatoms. The van der Waals surface area contributed by atoms with Crippen LogP contribution in [0.1, 0.15) is 12.8 Å². The molecule has 35 heavy (non-hydrogen) atoms. The van der Waals surface area contributed by atoms with Crippen LogP contribution in [0.25, 0.3) is 0 Å². The largest absolute Gasteiger partial charge is 0.377 e. The zero-order valence-corrected chi connectivity index (χ0v) is 19.7. The first kappa shape index (κ1) is 25.2. The van der Waals surface area contributed by atoms with E-state index in [0.717, 1.165) is 19.0 Å². The zero-order chi connectivity index (χ0) is 24.5. The summed E-state index contributed by atoms with van der Waals surface area (Å²) in [5.41, 5.74) is 0.706. The summed E-state index contributed by atoms with van der Waals surface area (Å²) in [7, 11) is 0. The monoisotopic (exact) mass is 489 g/mol. The number of piperidine rings is 1. The molecule has 2 unspecified atom stereocenters. The number of aromatic nitrogens is 2. The van der Waals surface area contributed by atoms with Crippen LogP contribution in [0.4, 0.5) is 16.2 Å². The van der Waals surface area contributed by atoms with Crippen LogP contribution in [-0.4, -0.2) is 91.8 Å². The Morgan fingerprint density at radius 1 is 1.14 bits per heavy atom. The lowest BCUT2D eigenvalue weighted by Crippen LogP contribution is -2.44. The first-order valence-electron chi connectivity index (χ1n) is 11.9. The van der Waals surface area contributed by atoms with E-state index in [9.17, 15) is 9.18 Å². The molecule has 2 fully saturated rings. The van der Waals surface area contributed by atoms with Gasteiger partial charge in [-0.25, -0.2) is 9.37 Å². The predicted molar refractivity (Wildman–Crippen MR) is 127 cm³/mol. The number of nitrogens with zero attached hydrogens (tertiary/aromatic N) is 3. The van der Waals surface area contributed by atoms with Gasteiger partial charge in [0.15, 0.2) is 11.6 Å². The maximum atomic E-state index is 14.5. The van der Waals surface area contributed by atoms with E-state index in [0.29, 0.717) is 58.4 Å². The second-order valence-electron chi connectivity index (χ2n) is 8.36. The second-order valence-corrected chi connectivity index (χ2v) is 8.36. The molecule has 10 nitrogen and oxygen atoms in total. The zero-order valence-electron chi connectivity index (χ0n) is 19.7. The van der Waals surface area contributed by atoms with E-state index in [1.807, 2.05) is 18.2 Å². The number of allylic oxidation sites excluding steroid dienone is 1. The van der Waals surface area contributed by atoms with Crippen molar-refractivity contribution in [3.8, 4) is 0 Å². The number of ether oxygens (including phenoxy) is 4. The summed E-state index contributed by atoms with van der Waals surface area (Å²) in [4.78, 5) is 22.0. The number of hydrogen-bond donors (Lipinski definition) is 2. The lowest BCUT2D eigenvalue weighted by molar-refractivity contribution is -0.127. The highest BCUT2D eigenvalue weighted by Gasteiger charge is 2.25. The number of carbonyl (C=O) groups is 1. The molecule has 2 saturated heterocycles. The van der Waals surface area contributed by atoms with Crippen LogP contribution in [0.5, 0.6) is 0 Å². The number of fused-ring (bicyclic) bond motifs is 1. The topological polar surface area (TPSA) is 107 Å². The Morgan fingerprint density at radius 2 is 1.89 bits per heavy atom.